The summed E-state index contributed by atoms with van der Waals surface area (Å²) in [7, 11) is 0. The van der Waals surface area contributed by atoms with Crippen LogP contribution in [0.2, 0.25) is 0 Å². The van der Waals surface area contributed by atoms with Crippen molar-refractivity contribution in [2.24, 2.45) is 0 Å². The van der Waals surface area contributed by atoms with E-state index in [4.69, 9.17) is 5.11 Å². The molecule has 5 nitrogen and oxygen atoms in total. The third-order valence-corrected chi connectivity index (χ3v) is 3.46. The molecule has 1 heterocycles. The Morgan fingerprint density at radius 1 is 1.52 bits per heavy atom. The molecule has 5 heteroatoms. The zero-order chi connectivity index (χ0) is 15.1. The van der Waals surface area contributed by atoms with Crippen LogP contribution in [0.25, 0.3) is 0 Å². The van der Waals surface area contributed by atoms with Gasteiger partial charge in [0.2, 0.25) is 0 Å². The highest BCUT2D eigenvalue weighted by Gasteiger charge is 2.27. The Hall–Kier alpha value is -1.90. The number of nitrogens with one attached hydrogen (secondary N) is 1. The van der Waals surface area contributed by atoms with Crippen molar-refractivity contribution in [1.82, 2.24) is 15.2 Å². The topological polar surface area (TPSA) is 65.5 Å². The molecule has 112 valence electrons. The van der Waals surface area contributed by atoms with Gasteiger partial charge in [-0.05, 0) is 31.5 Å². The van der Waals surface area contributed by atoms with E-state index in [1.54, 1.807) is 18.3 Å². The lowest BCUT2D eigenvalue weighted by atomic mass is 10.2. The first-order valence-electron chi connectivity index (χ1n) is 7.32. The first kappa shape index (κ1) is 15.5. The van der Waals surface area contributed by atoms with Gasteiger partial charge in [0.05, 0.1) is 0 Å². The molecule has 2 N–H and O–H groups in total. The fourth-order valence-electron chi connectivity index (χ4n) is 2.19. The van der Waals surface area contributed by atoms with Crippen molar-refractivity contribution in [2.45, 2.75) is 25.8 Å². The highest BCUT2D eigenvalue weighted by molar-refractivity contribution is 5.92. The van der Waals surface area contributed by atoms with Crippen molar-refractivity contribution in [3.05, 3.63) is 29.6 Å². The van der Waals surface area contributed by atoms with Gasteiger partial charge in [-0.3, -0.25) is 9.69 Å². The summed E-state index contributed by atoms with van der Waals surface area (Å²) in [5, 5.41) is 11.5. The normalized spacial score (nSPS) is 13.7. The van der Waals surface area contributed by atoms with Gasteiger partial charge in [-0.15, -0.1) is 0 Å². The molecular weight excluding hydrogens is 266 g/mol. The molecule has 0 unspecified atom stereocenters. The van der Waals surface area contributed by atoms with E-state index < -0.39 is 0 Å². The standard InChI is InChI=1S/C16H21N3O2/c1-2-19(14-6-7-14)10-9-17-16(21)15-8-5-13(12-18-15)4-3-11-20/h5,8,12,14,20H,2,6-7,9-11H2,1H3,(H,17,21). The van der Waals surface area contributed by atoms with E-state index in [9.17, 15) is 4.79 Å². The molecule has 0 saturated heterocycles. The lowest BCUT2D eigenvalue weighted by Crippen LogP contribution is -2.36. The Morgan fingerprint density at radius 3 is 2.90 bits per heavy atom. The first-order chi connectivity index (χ1) is 10.2. The number of rotatable bonds is 6. The minimum absolute atomic E-state index is 0.163. The second-order valence-electron chi connectivity index (χ2n) is 5.01. The largest absolute Gasteiger partial charge is 0.384 e. The van der Waals surface area contributed by atoms with Gasteiger partial charge in [0, 0.05) is 30.9 Å². The minimum Gasteiger partial charge on any atom is -0.384 e. The van der Waals surface area contributed by atoms with E-state index >= 15 is 0 Å². The van der Waals surface area contributed by atoms with E-state index in [1.807, 2.05) is 0 Å². The van der Waals surface area contributed by atoms with Gasteiger partial charge in [-0.2, -0.15) is 0 Å². The Morgan fingerprint density at radius 2 is 2.33 bits per heavy atom. The molecule has 1 aliphatic rings. The van der Waals surface area contributed by atoms with Crippen molar-refractivity contribution in [3.8, 4) is 11.8 Å². The molecule has 0 atom stereocenters. The Balaban J connectivity index is 1.79. The number of amides is 1. The quantitative estimate of drug-likeness (QED) is 0.754. The van der Waals surface area contributed by atoms with Crippen LogP contribution in [0.3, 0.4) is 0 Å². The third kappa shape index (κ3) is 4.85. The molecule has 0 radical (unpaired) electrons. The first-order valence-corrected chi connectivity index (χ1v) is 7.32. The van der Waals surface area contributed by atoms with Crippen LogP contribution in [0.4, 0.5) is 0 Å². The number of hydrogen-bond acceptors (Lipinski definition) is 4. The zero-order valence-electron chi connectivity index (χ0n) is 12.3. The maximum atomic E-state index is 12.0. The van der Waals surface area contributed by atoms with Gasteiger partial charge >= 0.3 is 0 Å². The predicted octanol–water partition coefficient (Wildman–Crippen LogP) is 0.639. The van der Waals surface area contributed by atoms with Gasteiger partial charge in [-0.1, -0.05) is 18.8 Å². The summed E-state index contributed by atoms with van der Waals surface area (Å²) in [6.07, 6.45) is 4.10. The summed E-state index contributed by atoms with van der Waals surface area (Å²) in [5.74, 6) is 5.12. The number of aromatic nitrogens is 1. The fourth-order valence-corrected chi connectivity index (χ4v) is 2.19. The van der Waals surface area contributed by atoms with E-state index in [2.05, 4.69) is 34.0 Å². The number of pyridine rings is 1. The smallest absolute Gasteiger partial charge is 0.269 e. The molecule has 0 aromatic carbocycles. The Labute approximate surface area is 125 Å². The van der Waals surface area contributed by atoms with Crippen LogP contribution < -0.4 is 5.32 Å². The molecule has 1 aliphatic carbocycles. The maximum absolute atomic E-state index is 12.0. The Kier molecular flexibility index (Phi) is 5.73. The van der Waals surface area contributed by atoms with Crippen LogP contribution in [0.1, 0.15) is 35.8 Å². The molecule has 1 fully saturated rings. The summed E-state index contributed by atoms with van der Waals surface area (Å²) in [4.78, 5) is 18.4. The Bertz CT molecular complexity index is 527. The monoisotopic (exact) mass is 287 g/mol. The average molecular weight is 287 g/mol. The molecule has 1 aromatic heterocycles. The maximum Gasteiger partial charge on any atom is 0.269 e. The summed E-state index contributed by atoms with van der Waals surface area (Å²) >= 11 is 0. The van der Waals surface area contributed by atoms with Gasteiger partial charge in [0.1, 0.15) is 12.3 Å². The lowest BCUT2D eigenvalue weighted by molar-refractivity contribution is 0.0943. The molecule has 1 saturated carbocycles. The highest BCUT2D eigenvalue weighted by atomic mass is 16.2. The molecular formula is C16H21N3O2. The second kappa shape index (κ2) is 7.77. The molecule has 1 aromatic rings. The number of aliphatic hydroxyl groups excluding tert-OH is 1. The summed E-state index contributed by atoms with van der Waals surface area (Å²) in [5.41, 5.74) is 1.07. The van der Waals surface area contributed by atoms with E-state index in [0.29, 0.717) is 17.8 Å². The van der Waals surface area contributed by atoms with Gasteiger partial charge in [0.15, 0.2) is 0 Å². The van der Waals surface area contributed by atoms with Crippen molar-refractivity contribution in [2.75, 3.05) is 26.2 Å². The molecule has 21 heavy (non-hydrogen) atoms. The van der Waals surface area contributed by atoms with E-state index in [0.717, 1.165) is 19.1 Å². The van der Waals surface area contributed by atoms with Gasteiger partial charge in [-0.25, -0.2) is 4.98 Å². The van der Waals surface area contributed by atoms with E-state index in [1.165, 1.54) is 12.8 Å². The number of nitrogens with zero attached hydrogens (tertiary/aromatic N) is 2. The SMILES string of the molecule is CCN(CCNC(=O)c1ccc(C#CCO)cn1)C1CC1. The third-order valence-electron chi connectivity index (χ3n) is 3.46. The molecule has 1 amide bonds. The van der Waals surface area contributed by atoms with Crippen molar-refractivity contribution < 1.29 is 9.90 Å². The van der Waals surface area contributed by atoms with Crippen molar-refractivity contribution in [3.63, 3.8) is 0 Å². The summed E-state index contributed by atoms with van der Waals surface area (Å²) in [6.45, 7) is 4.51. The number of likely N-dealkylation sites (N-methyl/N-ethyl adjacent to an activating group) is 1. The van der Waals surface area contributed by atoms with Crippen LogP contribution >= 0.6 is 0 Å². The minimum atomic E-state index is -0.183. The molecule has 0 aliphatic heterocycles. The predicted molar refractivity (Wildman–Crippen MR) is 80.8 cm³/mol. The van der Waals surface area contributed by atoms with Crippen LogP contribution in [-0.4, -0.2) is 53.2 Å². The van der Waals surface area contributed by atoms with E-state index in [-0.39, 0.29) is 12.5 Å². The number of aliphatic hydroxyl groups is 1. The van der Waals surface area contributed by atoms with Crippen LogP contribution in [-0.2, 0) is 0 Å². The van der Waals surface area contributed by atoms with Crippen LogP contribution in [0, 0.1) is 11.8 Å². The summed E-state index contributed by atoms with van der Waals surface area (Å²) in [6, 6.07) is 4.09. The molecule has 0 spiro atoms. The van der Waals surface area contributed by atoms with Crippen LogP contribution in [0.5, 0.6) is 0 Å². The second-order valence-corrected chi connectivity index (χ2v) is 5.01. The highest BCUT2D eigenvalue weighted by Crippen LogP contribution is 2.25. The van der Waals surface area contributed by atoms with Crippen molar-refractivity contribution in [1.29, 1.82) is 0 Å². The average Bonchev–Trinajstić information content (AvgIpc) is 3.34. The molecule has 2 rings (SSSR count). The number of hydrogen-bond donors (Lipinski definition) is 2. The number of carbonyl (C=O) groups excluding carboxylic acids is 1. The van der Waals surface area contributed by atoms with Gasteiger partial charge in [0.25, 0.3) is 5.91 Å². The summed E-state index contributed by atoms with van der Waals surface area (Å²) < 4.78 is 0. The number of carbonyl (C=O) groups is 1. The molecule has 0 bridgehead atoms. The van der Waals surface area contributed by atoms with Gasteiger partial charge < -0.3 is 10.4 Å². The van der Waals surface area contributed by atoms with Crippen LogP contribution in [0.15, 0.2) is 18.3 Å². The van der Waals surface area contributed by atoms with Crippen molar-refractivity contribution >= 4 is 5.91 Å². The lowest BCUT2D eigenvalue weighted by Gasteiger charge is -2.19. The zero-order valence-corrected chi connectivity index (χ0v) is 12.3. The fraction of sp³-hybridized carbons (Fsp3) is 0.500.